The molecule has 1 amide bonds. The molecule has 1 unspecified atom stereocenters. The molecule has 0 fully saturated rings. The minimum atomic E-state index is -3.78. The fourth-order valence-electron chi connectivity index (χ4n) is 2.31. The molecule has 0 radical (unpaired) electrons. The number of hydrogen-bond donors (Lipinski definition) is 2. The van der Waals surface area contributed by atoms with E-state index < -0.39 is 27.9 Å². The van der Waals surface area contributed by atoms with Crippen LogP contribution in [0.15, 0.2) is 23.1 Å². The fourth-order valence-corrected chi connectivity index (χ4v) is 3.80. The summed E-state index contributed by atoms with van der Waals surface area (Å²) in [5.74, 6) is -1.92. The van der Waals surface area contributed by atoms with E-state index in [4.69, 9.17) is 14.6 Å². The molecule has 0 saturated carbocycles. The zero-order chi connectivity index (χ0) is 19.9. The van der Waals surface area contributed by atoms with E-state index in [-0.39, 0.29) is 35.9 Å². The van der Waals surface area contributed by atoms with Crippen LogP contribution in [0.2, 0.25) is 0 Å². The average molecular weight is 388 g/mol. The van der Waals surface area contributed by atoms with Gasteiger partial charge in [-0.25, -0.2) is 13.2 Å². The van der Waals surface area contributed by atoms with E-state index in [9.17, 15) is 18.0 Å². The lowest BCUT2D eigenvalue weighted by atomic mass is 10.1. The Balaban J connectivity index is 3.30. The van der Waals surface area contributed by atoms with Crippen LogP contribution < -0.4 is 10.1 Å². The van der Waals surface area contributed by atoms with Crippen LogP contribution in [0, 0.1) is 0 Å². The molecule has 0 saturated heterocycles. The minimum absolute atomic E-state index is 0.0780. The van der Waals surface area contributed by atoms with Gasteiger partial charge in [-0.15, -0.1) is 0 Å². The van der Waals surface area contributed by atoms with Gasteiger partial charge in [-0.05, 0) is 18.2 Å². The van der Waals surface area contributed by atoms with Crippen LogP contribution in [0.5, 0.6) is 5.75 Å². The van der Waals surface area contributed by atoms with Gasteiger partial charge in [0.25, 0.3) is 5.91 Å². The molecule has 9 nitrogen and oxygen atoms in total. The topological polar surface area (TPSA) is 122 Å². The van der Waals surface area contributed by atoms with Crippen LogP contribution in [0.4, 0.5) is 0 Å². The van der Waals surface area contributed by atoms with E-state index in [1.807, 2.05) is 0 Å². The van der Waals surface area contributed by atoms with Gasteiger partial charge in [0, 0.05) is 20.2 Å². The third-order valence-corrected chi connectivity index (χ3v) is 5.74. The minimum Gasteiger partial charge on any atom is -0.496 e. The van der Waals surface area contributed by atoms with Crippen molar-refractivity contribution in [1.82, 2.24) is 9.62 Å². The molecular weight excluding hydrogens is 364 g/mol. The van der Waals surface area contributed by atoms with Crippen molar-refractivity contribution in [3.05, 3.63) is 23.8 Å². The zero-order valence-electron chi connectivity index (χ0n) is 15.2. The van der Waals surface area contributed by atoms with Crippen LogP contribution in [0.25, 0.3) is 0 Å². The Labute approximate surface area is 152 Å². The monoisotopic (exact) mass is 388 g/mol. The molecule has 146 valence electrons. The van der Waals surface area contributed by atoms with Crippen LogP contribution in [-0.2, 0) is 19.6 Å². The number of rotatable bonds is 10. The number of carbonyl (C=O) groups excluding carboxylic acids is 1. The number of benzene rings is 1. The molecule has 26 heavy (non-hydrogen) atoms. The normalized spacial score (nSPS) is 12.7. The number of ether oxygens (including phenoxy) is 2. The number of amides is 1. The summed E-state index contributed by atoms with van der Waals surface area (Å²) in [5, 5.41) is 11.4. The molecule has 0 spiro atoms. The number of carboxylic acid groups (broad SMARTS) is 1. The molecular formula is C16H24N2O7S. The Morgan fingerprint density at radius 1 is 1.23 bits per heavy atom. The SMILES string of the molecule is CCN(CC)S(=O)(=O)c1ccc(OC)c(C(=O)NC(COC)C(=O)O)c1. The summed E-state index contributed by atoms with van der Waals surface area (Å²) in [6.07, 6.45) is 0. The molecule has 0 aromatic heterocycles. The second kappa shape index (κ2) is 9.51. The molecule has 1 aromatic carbocycles. The second-order valence-electron chi connectivity index (χ2n) is 5.27. The number of carbonyl (C=O) groups is 2. The Morgan fingerprint density at radius 2 is 1.85 bits per heavy atom. The number of nitrogens with one attached hydrogen (secondary N) is 1. The van der Waals surface area contributed by atoms with E-state index in [0.29, 0.717) is 0 Å². The van der Waals surface area contributed by atoms with E-state index in [1.165, 1.54) is 36.7 Å². The summed E-state index contributed by atoms with van der Waals surface area (Å²) in [4.78, 5) is 23.6. The van der Waals surface area contributed by atoms with Crippen molar-refractivity contribution >= 4 is 21.9 Å². The molecule has 2 N–H and O–H groups in total. The quantitative estimate of drug-likeness (QED) is 0.600. The maximum atomic E-state index is 12.6. The van der Waals surface area contributed by atoms with Gasteiger partial charge in [0.2, 0.25) is 10.0 Å². The highest BCUT2D eigenvalue weighted by Crippen LogP contribution is 2.24. The zero-order valence-corrected chi connectivity index (χ0v) is 16.0. The van der Waals surface area contributed by atoms with Gasteiger partial charge in [-0.3, -0.25) is 4.79 Å². The lowest BCUT2D eigenvalue weighted by molar-refractivity contribution is -0.140. The van der Waals surface area contributed by atoms with E-state index in [2.05, 4.69) is 5.32 Å². The third-order valence-electron chi connectivity index (χ3n) is 3.70. The molecule has 0 bridgehead atoms. The fraction of sp³-hybridized carbons (Fsp3) is 0.500. The number of carboxylic acids is 1. The number of aliphatic carboxylic acids is 1. The molecule has 1 aromatic rings. The van der Waals surface area contributed by atoms with Crippen molar-refractivity contribution in [1.29, 1.82) is 0 Å². The van der Waals surface area contributed by atoms with Gasteiger partial charge in [0.1, 0.15) is 5.75 Å². The molecule has 0 aliphatic rings. The second-order valence-corrected chi connectivity index (χ2v) is 7.21. The van der Waals surface area contributed by atoms with Crippen molar-refractivity contribution in [3.8, 4) is 5.75 Å². The van der Waals surface area contributed by atoms with E-state index >= 15 is 0 Å². The first-order chi connectivity index (χ1) is 12.2. The lowest BCUT2D eigenvalue weighted by Gasteiger charge is -2.20. The summed E-state index contributed by atoms with van der Waals surface area (Å²) >= 11 is 0. The number of methoxy groups -OCH3 is 2. The van der Waals surface area contributed by atoms with Crippen LogP contribution >= 0.6 is 0 Å². The summed E-state index contributed by atoms with van der Waals surface area (Å²) in [7, 11) is -1.15. The smallest absolute Gasteiger partial charge is 0.328 e. The van der Waals surface area contributed by atoms with Gasteiger partial charge in [0.05, 0.1) is 24.2 Å². The average Bonchev–Trinajstić information content (AvgIpc) is 2.61. The van der Waals surface area contributed by atoms with Crippen molar-refractivity contribution in [2.45, 2.75) is 24.8 Å². The summed E-state index contributed by atoms with van der Waals surface area (Å²) in [6, 6.07) is 2.60. The number of hydrogen-bond acceptors (Lipinski definition) is 6. The maximum Gasteiger partial charge on any atom is 0.328 e. The van der Waals surface area contributed by atoms with Crippen LogP contribution in [-0.4, -0.2) is 69.7 Å². The first-order valence-electron chi connectivity index (χ1n) is 7.93. The Morgan fingerprint density at radius 3 is 2.31 bits per heavy atom. The third kappa shape index (κ3) is 4.93. The van der Waals surface area contributed by atoms with Gasteiger partial charge in [0.15, 0.2) is 6.04 Å². The Bertz CT molecular complexity index is 745. The van der Waals surface area contributed by atoms with E-state index in [0.717, 1.165) is 0 Å². The van der Waals surface area contributed by atoms with Crippen LogP contribution in [0.3, 0.4) is 0 Å². The predicted octanol–water partition coefficient (Wildman–Crippen LogP) is 0.555. The summed E-state index contributed by atoms with van der Waals surface area (Å²) < 4.78 is 36.4. The molecule has 0 aliphatic carbocycles. The maximum absolute atomic E-state index is 12.6. The summed E-state index contributed by atoms with van der Waals surface area (Å²) in [5.41, 5.74) is -0.0805. The highest BCUT2D eigenvalue weighted by molar-refractivity contribution is 7.89. The van der Waals surface area contributed by atoms with Crippen molar-refractivity contribution < 1.29 is 32.6 Å². The van der Waals surface area contributed by atoms with Crippen molar-refractivity contribution in [2.75, 3.05) is 33.9 Å². The van der Waals surface area contributed by atoms with Crippen LogP contribution in [0.1, 0.15) is 24.2 Å². The highest BCUT2D eigenvalue weighted by atomic mass is 32.2. The van der Waals surface area contributed by atoms with Crippen molar-refractivity contribution in [3.63, 3.8) is 0 Å². The number of nitrogens with zero attached hydrogens (tertiary/aromatic N) is 1. The van der Waals surface area contributed by atoms with Gasteiger partial charge in [-0.2, -0.15) is 4.31 Å². The molecule has 1 atom stereocenters. The number of sulfonamides is 1. The molecule has 1 rings (SSSR count). The van der Waals surface area contributed by atoms with Gasteiger partial charge in [-0.1, -0.05) is 13.8 Å². The van der Waals surface area contributed by atoms with Crippen molar-refractivity contribution in [2.24, 2.45) is 0 Å². The summed E-state index contributed by atoms with van der Waals surface area (Å²) in [6.45, 7) is 3.74. The highest BCUT2D eigenvalue weighted by Gasteiger charge is 2.26. The Hall–Kier alpha value is -2.17. The molecule has 10 heteroatoms. The standard InChI is InChI=1S/C16H24N2O7S/c1-5-18(6-2)26(22,23)11-7-8-14(25-4)12(9-11)15(19)17-13(10-24-3)16(20)21/h7-9,13H,5-6,10H2,1-4H3,(H,17,19)(H,20,21). The van der Waals surface area contributed by atoms with Gasteiger partial charge < -0.3 is 19.9 Å². The Kier molecular flexibility index (Phi) is 8.00. The van der Waals surface area contributed by atoms with E-state index in [1.54, 1.807) is 13.8 Å². The predicted molar refractivity (Wildman–Crippen MR) is 93.9 cm³/mol. The largest absolute Gasteiger partial charge is 0.496 e. The molecule has 0 aliphatic heterocycles. The first-order valence-corrected chi connectivity index (χ1v) is 9.37. The lowest BCUT2D eigenvalue weighted by Crippen LogP contribution is -2.44. The molecule has 0 heterocycles. The van der Waals surface area contributed by atoms with Gasteiger partial charge >= 0.3 is 5.97 Å². The first kappa shape index (κ1) is 21.9.